The number of hydrogen-bond acceptors (Lipinski definition) is 7. The molecule has 1 fully saturated rings. The number of rotatable bonds is 8. The number of nitrogens with zero attached hydrogens (tertiary/aromatic N) is 4. The average molecular weight is 531 g/mol. The Labute approximate surface area is 216 Å². The number of piperazine rings is 1. The van der Waals surface area contributed by atoms with E-state index in [0.717, 1.165) is 37.2 Å². The molecule has 200 valence electrons. The molecule has 1 aromatic carbocycles. The molecule has 0 radical (unpaired) electrons. The number of ether oxygens (including phenoxy) is 2. The van der Waals surface area contributed by atoms with Crippen molar-refractivity contribution in [3.63, 3.8) is 0 Å². The zero-order chi connectivity index (χ0) is 27.1. The molecule has 12 heteroatoms. The highest BCUT2D eigenvalue weighted by atomic mass is 19.4. The summed E-state index contributed by atoms with van der Waals surface area (Å²) in [4.78, 5) is 35.1. The van der Waals surface area contributed by atoms with Crippen LogP contribution < -0.4 is 9.47 Å². The molecule has 0 unspecified atom stereocenters. The summed E-state index contributed by atoms with van der Waals surface area (Å²) in [7, 11) is 0. The first-order chi connectivity index (χ1) is 18.2. The van der Waals surface area contributed by atoms with Gasteiger partial charge in [-0.2, -0.15) is 13.2 Å². The number of carbonyl (C=O) groups excluding carboxylic acids is 1. The van der Waals surface area contributed by atoms with Crippen molar-refractivity contribution in [2.45, 2.75) is 19.0 Å². The lowest BCUT2D eigenvalue weighted by molar-refractivity contribution is -0.137. The summed E-state index contributed by atoms with van der Waals surface area (Å²) in [5.41, 5.74) is 0.135. The van der Waals surface area contributed by atoms with Gasteiger partial charge in [-0.1, -0.05) is 0 Å². The highest BCUT2D eigenvalue weighted by molar-refractivity contribution is 5.87. The van der Waals surface area contributed by atoms with Crippen molar-refractivity contribution in [2.75, 3.05) is 32.7 Å². The van der Waals surface area contributed by atoms with E-state index in [1.807, 2.05) is 0 Å². The predicted molar refractivity (Wildman–Crippen MR) is 129 cm³/mol. The van der Waals surface area contributed by atoms with E-state index >= 15 is 0 Å². The highest BCUT2D eigenvalue weighted by Crippen LogP contribution is 2.30. The third kappa shape index (κ3) is 7.42. The standard InChI is InChI=1S/C26H25F3N4O5/c27-26(28,29)19-4-10-23(31-17-19)37-21-6-8-22(9-7-21)38-25(36)33-14-12-32(13-15-33)11-1-2-20-5-3-18(16-30-20)24(34)35/h3-10,16-17H,1-2,11-15H2,(H,34,35). The van der Waals surface area contributed by atoms with Gasteiger partial charge in [-0.05, 0) is 61.9 Å². The van der Waals surface area contributed by atoms with Crippen LogP contribution in [0, 0.1) is 0 Å². The fourth-order valence-corrected chi connectivity index (χ4v) is 3.81. The first-order valence-corrected chi connectivity index (χ1v) is 11.9. The van der Waals surface area contributed by atoms with E-state index < -0.39 is 23.8 Å². The Hall–Kier alpha value is -4.19. The maximum absolute atomic E-state index is 12.6. The summed E-state index contributed by atoms with van der Waals surface area (Å²) in [6, 6.07) is 11.4. The molecule has 0 atom stereocenters. The molecule has 0 spiro atoms. The van der Waals surface area contributed by atoms with Crippen molar-refractivity contribution >= 4 is 12.1 Å². The average Bonchev–Trinajstić information content (AvgIpc) is 2.90. The summed E-state index contributed by atoms with van der Waals surface area (Å²) in [6.07, 6.45) is -1.29. The molecule has 3 aromatic rings. The molecule has 2 aromatic heterocycles. The van der Waals surface area contributed by atoms with Crippen LogP contribution in [-0.4, -0.2) is 69.7 Å². The first-order valence-electron chi connectivity index (χ1n) is 11.9. The lowest BCUT2D eigenvalue weighted by Crippen LogP contribution is -2.49. The van der Waals surface area contributed by atoms with Crippen molar-refractivity contribution < 1.29 is 37.3 Å². The van der Waals surface area contributed by atoms with Gasteiger partial charge in [-0.25, -0.2) is 14.6 Å². The molecule has 9 nitrogen and oxygen atoms in total. The van der Waals surface area contributed by atoms with Crippen LogP contribution in [-0.2, 0) is 12.6 Å². The summed E-state index contributed by atoms with van der Waals surface area (Å²) in [5, 5.41) is 8.93. The lowest BCUT2D eigenvalue weighted by atomic mass is 10.2. The largest absolute Gasteiger partial charge is 0.478 e. The van der Waals surface area contributed by atoms with E-state index in [9.17, 15) is 22.8 Å². The Kier molecular flexibility index (Phi) is 8.41. The molecule has 0 bridgehead atoms. The van der Waals surface area contributed by atoms with Crippen molar-refractivity contribution in [3.05, 3.63) is 77.7 Å². The minimum atomic E-state index is -4.47. The van der Waals surface area contributed by atoms with Crippen LogP contribution in [0.15, 0.2) is 60.9 Å². The number of halogens is 3. The number of pyridine rings is 2. The fourth-order valence-electron chi connectivity index (χ4n) is 3.81. The summed E-state index contributed by atoms with van der Waals surface area (Å²) >= 11 is 0. The molecule has 1 aliphatic heterocycles. The van der Waals surface area contributed by atoms with Crippen LogP contribution in [0.2, 0.25) is 0 Å². The first kappa shape index (κ1) is 26.9. The van der Waals surface area contributed by atoms with Crippen molar-refractivity contribution in [1.82, 2.24) is 19.8 Å². The smallest absolute Gasteiger partial charge is 0.417 e. The minimum Gasteiger partial charge on any atom is -0.478 e. The fraction of sp³-hybridized carbons (Fsp3) is 0.308. The lowest BCUT2D eigenvalue weighted by Gasteiger charge is -2.34. The summed E-state index contributed by atoms with van der Waals surface area (Å²) < 4.78 is 48.8. The Morgan fingerprint density at radius 2 is 1.61 bits per heavy atom. The molecule has 4 rings (SSSR count). The second kappa shape index (κ2) is 11.9. The number of amides is 1. The van der Waals surface area contributed by atoms with Crippen LogP contribution in [0.4, 0.5) is 18.0 Å². The number of carbonyl (C=O) groups is 2. The third-order valence-electron chi connectivity index (χ3n) is 5.92. The quantitative estimate of drug-likeness (QED) is 0.446. The molecular formula is C26H25F3N4O5. The number of aromatic carboxylic acids is 1. The van der Waals surface area contributed by atoms with Gasteiger partial charge in [0.2, 0.25) is 5.88 Å². The predicted octanol–water partition coefficient (Wildman–Crippen LogP) is 4.74. The number of alkyl halides is 3. The van der Waals surface area contributed by atoms with Crippen molar-refractivity contribution in [3.8, 4) is 17.4 Å². The highest BCUT2D eigenvalue weighted by Gasteiger charge is 2.30. The Morgan fingerprint density at radius 3 is 2.18 bits per heavy atom. The second-order valence-electron chi connectivity index (χ2n) is 8.60. The van der Waals surface area contributed by atoms with Gasteiger partial charge in [0.05, 0.1) is 11.1 Å². The normalized spacial score (nSPS) is 14.2. The molecule has 1 saturated heterocycles. The molecule has 1 amide bonds. The van der Waals surface area contributed by atoms with Crippen molar-refractivity contribution in [1.29, 1.82) is 0 Å². The van der Waals surface area contributed by atoms with E-state index in [1.165, 1.54) is 30.5 Å². The van der Waals surface area contributed by atoms with E-state index in [1.54, 1.807) is 17.0 Å². The summed E-state index contributed by atoms with van der Waals surface area (Å²) in [6.45, 7) is 3.28. The molecule has 38 heavy (non-hydrogen) atoms. The number of aromatic nitrogens is 2. The molecule has 1 aliphatic rings. The van der Waals surface area contributed by atoms with E-state index in [2.05, 4.69) is 14.9 Å². The molecule has 3 heterocycles. The Bertz CT molecular complexity index is 1230. The van der Waals surface area contributed by atoms with Gasteiger partial charge in [-0.15, -0.1) is 0 Å². The maximum atomic E-state index is 12.6. The molecule has 1 N–H and O–H groups in total. The van der Waals surface area contributed by atoms with Crippen LogP contribution >= 0.6 is 0 Å². The van der Waals surface area contributed by atoms with Crippen LogP contribution in [0.25, 0.3) is 0 Å². The molecular weight excluding hydrogens is 505 g/mol. The van der Waals surface area contributed by atoms with Gasteiger partial charge in [0.25, 0.3) is 0 Å². The van der Waals surface area contributed by atoms with E-state index in [0.29, 0.717) is 43.9 Å². The van der Waals surface area contributed by atoms with E-state index in [4.69, 9.17) is 14.6 Å². The van der Waals surface area contributed by atoms with Gasteiger partial charge in [0, 0.05) is 50.3 Å². The third-order valence-corrected chi connectivity index (χ3v) is 5.92. The topological polar surface area (TPSA) is 105 Å². The number of carboxylic acid groups (broad SMARTS) is 1. The second-order valence-corrected chi connectivity index (χ2v) is 8.60. The number of benzene rings is 1. The van der Waals surface area contributed by atoms with Gasteiger partial charge in [0.15, 0.2) is 0 Å². The van der Waals surface area contributed by atoms with Crippen LogP contribution in [0.1, 0.15) is 28.0 Å². The van der Waals surface area contributed by atoms with Gasteiger partial charge >= 0.3 is 18.2 Å². The van der Waals surface area contributed by atoms with Crippen LogP contribution in [0.5, 0.6) is 17.4 Å². The molecule has 0 aliphatic carbocycles. The number of hydrogen-bond donors (Lipinski definition) is 1. The Morgan fingerprint density at radius 1 is 0.895 bits per heavy atom. The van der Waals surface area contributed by atoms with Crippen molar-refractivity contribution in [2.24, 2.45) is 0 Å². The zero-order valence-electron chi connectivity index (χ0n) is 20.2. The van der Waals surface area contributed by atoms with Gasteiger partial charge < -0.3 is 19.5 Å². The van der Waals surface area contributed by atoms with E-state index in [-0.39, 0.29) is 11.4 Å². The zero-order valence-corrected chi connectivity index (χ0v) is 20.2. The number of carboxylic acids is 1. The van der Waals surface area contributed by atoms with Crippen LogP contribution in [0.3, 0.4) is 0 Å². The summed E-state index contributed by atoms with van der Waals surface area (Å²) in [5.74, 6) is -0.348. The molecule has 0 saturated carbocycles. The monoisotopic (exact) mass is 530 g/mol. The Balaban J connectivity index is 1.17. The number of aryl methyl sites for hydroxylation is 1. The maximum Gasteiger partial charge on any atom is 0.417 e. The van der Waals surface area contributed by atoms with Gasteiger partial charge in [0.1, 0.15) is 11.5 Å². The minimum absolute atomic E-state index is 0.00738. The van der Waals surface area contributed by atoms with Gasteiger partial charge in [-0.3, -0.25) is 9.88 Å². The SMILES string of the molecule is O=C(O)c1ccc(CCCN2CCN(C(=O)Oc3ccc(Oc4ccc(C(F)(F)F)cn4)cc3)CC2)nc1.